The molecule has 0 unspecified atom stereocenters. The smallest absolute Gasteiger partial charge is 0.0549 e. The molecule has 0 fully saturated rings. The average molecular weight is 726 g/mol. The van der Waals surface area contributed by atoms with E-state index in [1.54, 1.807) is 0 Å². The second-order valence-corrected chi connectivity index (χ2v) is 14.9. The van der Waals surface area contributed by atoms with E-state index in [0.717, 1.165) is 17.1 Å². The first-order valence-corrected chi connectivity index (χ1v) is 19.6. The van der Waals surface area contributed by atoms with Crippen molar-refractivity contribution in [2.75, 3.05) is 0 Å². The number of hydrogen-bond acceptors (Lipinski definition) is 0. The summed E-state index contributed by atoms with van der Waals surface area (Å²) in [5.74, 6) is 0. The van der Waals surface area contributed by atoms with Gasteiger partial charge in [0.15, 0.2) is 0 Å². The lowest BCUT2D eigenvalue weighted by molar-refractivity contribution is 1.17. The maximum atomic E-state index is 2.51. The molecule has 0 N–H and O–H groups in total. The van der Waals surface area contributed by atoms with E-state index < -0.39 is 0 Å². The van der Waals surface area contributed by atoms with Crippen LogP contribution < -0.4 is 0 Å². The molecule has 12 rings (SSSR count). The summed E-state index contributed by atoms with van der Waals surface area (Å²) in [6.07, 6.45) is 0. The Morgan fingerprint density at radius 1 is 0.246 bits per heavy atom. The van der Waals surface area contributed by atoms with E-state index in [1.165, 1.54) is 87.7 Å². The first kappa shape index (κ1) is 31.7. The zero-order chi connectivity index (χ0) is 37.5. The Kier molecular flexibility index (Phi) is 6.93. The maximum Gasteiger partial charge on any atom is 0.0549 e. The predicted molar refractivity (Wildman–Crippen MR) is 240 cm³/mol. The summed E-state index contributed by atoms with van der Waals surface area (Å²) in [5.41, 5.74) is 15.4. The van der Waals surface area contributed by atoms with Crippen molar-refractivity contribution in [2.45, 2.75) is 0 Å². The highest BCUT2D eigenvalue weighted by molar-refractivity contribution is 6.31. The van der Waals surface area contributed by atoms with Gasteiger partial charge in [-0.25, -0.2) is 0 Å². The molecule has 57 heavy (non-hydrogen) atoms. The molecule has 0 saturated heterocycles. The van der Waals surface area contributed by atoms with Crippen LogP contribution in [0.1, 0.15) is 0 Å². The number of benzene rings is 9. The molecule has 0 spiro atoms. The summed E-state index contributed by atoms with van der Waals surface area (Å²) in [5, 5.41) is 7.54. The Labute approximate surface area is 329 Å². The van der Waals surface area contributed by atoms with Gasteiger partial charge in [0, 0.05) is 49.3 Å². The molecule has 12 aromatic rings. The Bertz CT molecular complexity index is 3500. The van der Waals surface area contributed by atoms with Crippen molar-refractivity contribution in [3.8, 4) is 39.3 Å². The fourth-order valence-electron chi connectivity index (χ4n) is 9.49. The first-order chi connectivity index (χ1) is 28.3. The summed E-state index contributed by atoms with van der Waals surface area (Å²) < 4.78 is 7.34. The second-order valence-electron chi connectivity index (χ2n) is 14.9. The molecule has 0 bridgehead atoms. The second kappa shape index (κ2) is 12.5. The summed E-state index contributed by atoms with van der Waals surface area (Å²) in [6.45, 7) is 0. The molecule has 266 valence electrons. The molecule has 0 aliphatic heterocycles. The topological polar surface area (TPSA) is 14.8 Å². The van der Waals surface area contributed by atoms with Gasteiger partial charge in [0.1, 0.15) is 0 Å². The SMILES string of the molecule is c1ccc(-c2cccc3c2c2c4c5ccccc5n(-c5ccccc5)c4ccc2n3-c2ccccc2-c2ccc3c4ccccc4n(-c4ccccc4)c3c2)cc1. The van der Waals surface area contributed by atoms with Crippen LogP contribution in [0.4, 0.5) is 0 Å². The highest BCUT2D eigenvalue weighted by atomic mass is 15.0. The van der Waals surface area contributed by atoms with Gasteiger partial charge in [-0.05, 0) is 83.4 Å². The van der Waals surface area contributed by atoms with Crippen LogP contribution >= 0.6 is 0 Å². The van der Waals surface area contributed by atoms with Gasteiger partial charge in [0.2, 0.25) is 0 Å². The van der Waals surface area contributed by atoms with Gasteiger partial charge >= 0.3 is 0 Å². The fraction of sp³-hybridized carbons (Fsp3) is 0. The third-order valence-corrected chi connectivity index (χ3v) is 11.8. The number of nitrogens with zero attached hydrogens (tertiary/aromatic N) is 3. The normalized spacial score (nSPS) is 11.9. The molecule has 0 aliphatic carbocycles. The van der Waals surface area contributed by atoms with Gasteiger partial charge in [-0.1, -0.05) is 146 Å². The van der Waals surface area contributed by atoms with E-state index in [4.69, 9.17) is 0 Å². The number of rotatable bonds is 5. The van der Waals surface area contributed by atoms with Crippen molar-refractivity contribution >= 4 is 65.4 Å². The Morgan fingerprint density at radius 2 is 0.754 bits per heavy atom. The highest BCUT2D eigenvalue weighted by Crippen LogP contribution is 2.46. The minimum absolute atomic E-state index is 1.15. The predicted octanol–water partition coefficient (Wildman–Crippen LogP) is 14.3. The number of fused-ring (bicyclic) bond motifs is 10. The van der Waals surface area contributed by atoms with Gasteiger partial charge in [-0.15, -0.1) is 0 Å². The van der Waals surface area contributed by atoms with Crippen LogP contribution in [0.25, 0.3) is 105 Å². The lowest BCUT2D eigenvalue weighted by atomic mass is 9.97. The number of para-hydroxylation sites is 5. The van der Waals surface area contributed by atoms with Crippen molar-refractivity contribution in [1.29, 1.82) is 0 Å². The maximum absolute atomic E-state index is 2.51. The summed E-state index contributed by atoms with van der Waals surface area (Å²) >= 11 is 0. The quantitative estimate of drug-likeness (QED) is 0.168. The van der Waals surface area contributed by atoms with Crippen molar-refractivity contribution in [1.82, 2.24) is 13.7 Å². The fourth-order valence-corrected chi connectivity index (χ4v) is 9.49. The van der Waals surface area contributed by atoms with E-state index in [2.05, 4.69) is 226 Å². The lowest BCUT2D eigenvalue weighted by Gasteiger charge is -2.15. The lowest BCUT2D eigenvalue weighted by Crippen LogP contribution is -1.98. The van der Waals surface area contributed by atoms with E-state index in [0.29, 0.717) is 0 Å². The standard InChI is InChI=1S/C54H35N3/c1-4-17-36(18-5-1)41-26-16-30-48-52(41)54-50(34-33-49-53(54)44-25-12-15-29-47(44)55(49)38-19-6-2-7-20-38)57(48)45-27-13-10-23-40(45)37-31-32-43-42-24-11-14-28-46(42)56(51(43)35-37)39-21-8-3-9-22-39/h1-35H. The van der Waals surface area contributed by atoms with E-state index >= 15 is 0 Å². The van der Waals surface area contributed by atoms with Crippen LogP contribution in [-0.4, -0.2) is 13.7 Å². The molecule has 3 aromatic heterocycles. The van der Waals surface area contributed by atoms with Gasteiger partial charge in [-0.2, -0.15) is 0 Å². The van der Waals surface area contributed by atoms with Gasteiger partial charge in [0.25, 0.3) is 0 Å². The minimum atomic E-state index is 1.15. The molecule has 3 heteroatoms. The van der Waals surface area contributed by atoms with Crippen molar-refractivity contribution in [2.24, 2.45) is 0 Å². The summed E-state index contributed by atoms with van der Waals surface area (Å²) in [7, 11) is 0. The summed E-state index contributed by atoms with van der Waals surface area (Å²) in [4.78, 5) is 0. The van der Waals surface area contributed by atoms with Crippen molar-refractivity contribution in [3.05, 3.63) is 212 Å². The van der Waals surface area contributed by atoms with Crippen LogP contribution in [0.5, 0.6) is 0 Å². The highest BCUT2D eigenvalue weighted by Gasteiger charge is 2.24. The summed E-state index contributed by atoms with van der Waals surface area (Å²) in [6, 6.07) is 77.4. The molecule has 9 aromatic carbocycles. The molecule has 3 heterocycles. The van der Waals surface area contributed by atoms with Crippen LogP contribution in [-0.2, 0) is 0 Å². The Balaban J connectivity index is 1.20. The monoisotopic (exact) mass is 725 g/mol. The molecule has 0 radical (unpaired) electrons. The number of aromatic nitrogens is 3. The zero-order valence-corrected chi connectivity index (χ0v) is 31.0. The zero-order valence-electron chi connectivity index (χ0n) is 31.0. The van der Waals surface area contributed by atoms with Crippen LogP contribution in [0.15, 0.2) is 212 Å². The van der Waals surface area contributed by atoms with Gasteiger partial charge in [0.05, 0.1) is 38.8 Å². The van der Waals surface area contributed by atoms with Crippen LogP contribution in [0, 0.1) is 0 Å². The minimum Gasteiger partial charge on any atom is -0.309 e. The van der Waals surface area contributed by atoms with E-state index in [1.807, 2.05) is 0 Å². The molecule has 3 nitrogen and oxygen atoms in total. The molecular weight excluding hydrogens is 691 g/mol. The van der Waals surface area contributed by atoms with Crippen molar-refractivity contribution in [3.63, 3.8) is 0 Å². The Morgan fingerprint density at radius 3 is 1.49 bits per heavy atom. The van der Waals surface area contributed by atoms with E-state index in [-0.39, 0.29) is 0 Å². The third kappa shape index (κ3) is 4.66. The van der Waals surface area contributed by atoms with Crippen LogP contribution in [0.3, 0.4) is 0 Å². The van der Waals surface area contributed by atoms with Crippen molar-refractivity contribution < 1.29 is 0 Å². The van der Waals surface area contributed by atoms with Crippen LogP contribution in [0.2, 0.25) is 0 Å². The molecule has 0 saturated carbocycles. The molecular formula is C54H35N3. The van der Waals surface area contributed by atoms with E-state index in [9.17, 15) is 0 Å². The third-order valence-electron chi connectivity index (χ3n) is 11.8. The van der Waals surface area contributed by atoms with Gasteiger partial charge in [-0.3, -0.25) is 0 Å². The molecule has 0 aliphatic rings. The van der Waals surface area contributed by atoms with Gasteiger partial charge < -0.3 is 13.7 Å². The largest absolute Gasteiger partial charge is 0.309 e. The average Bonchev–Trinajstić information content (AvgIpc) is 3.92. The molecule has 0 atom stereocenters. The number of hydrogen-bond donors (Lipinski definition) is 0. The first-order valence-electron chi connectivity index (χ1n) is 19.6. The molecule has 0 amide bonds. The Hall–Kier alpha value is -7.62.